The number of nitrogens with two attached hydrogens (primary N) is 1. The highest BCUT2D eigenvalue weighted by Gasteiger charge is 2.13. The molecular weight excluding hydrogens is 268 g/mol. The number of nitrogens with one attached hydrogen (secondary N) is 1. The van der Waals surface area contributed by atoms with Crippen molar-refractivity contribution in [3.63, 3.8) is 0 Å². The van der Waals surface area contributed by atoms with E-state index in [9.17, 15) is 4.79 Å². The molecule has 0 saturated carbocycles. The van der Waals surface area contributed by atoms with Gasteiger partial charge in [-0.15, -0.1) is 12.4 Å². The summed E-state index contributed by atoms with van der Waals surface area (Å²) in [5, 5.41) is 2.70. The van der Waals surface area contributed by atoms with Gasteiger partial charge in [-0.25, -0.2) is 0 Å². The highest BCUT2D eigenvalue weighted by molar-refractivity contribution is 5.85. The first kappa shape index (κ1) is 17.5. The Morgan fingerprint density at radius 2 is 1.89 bits per heavy atom. The lowest BCUT2D eigenvalue weighted by molar-refractivity contribution is -0.123. The minimum Gasteiger partial charge on any atom is -0.493 e. The maximum atomic E-state index is 11.5. The fourth-order valence-electron chi connectivity index (χ4n) is 1.26. The third kappa shape index (κ3) is 6.88. The standard InChI is InChI=1S/C13H20N2O3.ClH/c1-13(2,14)9-15-12(16)8-18-11-7-5-4-6-10(11)17-3;/h4-7H,8-9,14H2,1-3H3,(H,15,16);1H. The summed E-state index contributed by atoms with van der Waals surface area (Å²) >= 11 is 0. The topological polar surface area (TPSA) is 73.6 Å². The van der Waals surface area contributed by atoms with Crippen LogP contribution in [-0.4, -0.2) is 31.7 Å². The molecule has 1 amide bonds. The molecule has 0 aliphatic carbocycles. The van der Waals surface area contributed by atoms with Crippen LogP contribution in [0.3, 0.4) is 0 Å². The van der Waals surface area contributed by atoms with E-state index in [2.05, 4.69) is 5.32 Å². The Morgan fingerprint density at radius 3 is 2.42 bits per heavy atom. The molecule has 0 bridgehead atoms. The van der Waals surface area contributed by atoms with Gasteiger partial charge in [0, 0.05) is 12.1 Å². The van der Waals surface area contributed by atoms with Gasteiger partial charge < -0.3 is 20.5 Å². The summed E-state index contributed by atoms with van der Waals surface area (Å²) in [5.74, 6) is 0.936. The van der Waals surface area contributed by atoms with Gasteiger partial charge in [0.2, 0.25) is 0 Å². The molecule has 0 radical (unpaired) electrons. The number of benzene rings is 1. The molecule has 108 valence electrons. The van der Waals surface area contributed by atoms with E-state index in [0.29, 0.717) is 18.0 Å². The lowest BCUT2D eigenvalue weighted by Gasteiger charge is -2.19. The van der Waals surface area contributed by atoms with Gasteiger partial charge in [0.05, 0.1) is 7.11 Å². The molecule has 0 spiro atoms. The van der Waals surface area contributed by atoms with Crippen LogP contribution in [0.4, 0.5) is 0 Å². The maximum Gasteiger partial charge on any atom is 0.258 e. The molecule has 1 aromatic rings. The van der Waals surface area contributed by atoms with Crippen LogP contribution in [0.2, 0.25) is 0 Å². The molecule has 5 nitrogen and oxygen atoms in total. The Labute approximate surface area is 119 Å². The van der Waals surface area contributed by atoms with E-state index in [-0.39, 0.29) is 24.9 Å². The Kier molecular flexibility index (Phi) is 7.26. The normalized spacial score (nSPS) is 10.3. The van der Waals surface area contributed by atoms with Crippen LogP contribution in [0, 0.1) is 0 Å². The van der Waals surface area contributed by atoms with Crippen molar-refractivity contribution in [1.82, 2.24) is 5.32 Å². The van der Waals surface area contributed by atoms with Gasteiger partial charge in [0.1, 0.15) is 0 Å². The highest BCUT2D eigenvalue weighted by atomic mass is 35.5. The highest BCUT2D eigenvalue weighted by Crippen LogP contribution is 2.25. The zero-order valence-corrected chi connectivity index (χ0v) is 12.3. The molecule has 0 aliphatic rings. The lowest BCUT2D eigenvalue weighted by atomic mass is 10.1. The first-order valence-electron chi connectivity index (χ1n) is 5.74. The Bertz CT molecular complexity index is 405. The summed E-state index contributed by atoms with van der Waals surface area (Å²) in [4.78, 5) is 11.5. The van der Waals surface area contributed by atoms with Crippen molar-refractivity contribution in [2.24, 2.45) is 5.73 Å². The maximum absolute atomic E-state index is 11.5. The van der Waals surface area contributed by atoms with E-state index in [1.165, 1.54) is 0 Å². The van der Waals surface area contributed by atoms with Crippen molar-refractivity contribution in [2.75, 3.05) is 20.3 Å². The Balaban J connectivity index is 0.00000324. The molecule has 3 N–H and O–H groups in total. The molecule has 1 rings (SSSR count). The van der Waals surface area contributed by atoms with Crippen LogP contribution in [0.25, 0.3) is 0 Å². The van der Waals surface area contributed by atoms with Gasteiger partial charge in [-0.2, -0.15) is 0 Å². The first-order valence-corrected chi connectivity index (χ1v) is 5.74. The number of rotatable bonds is 6. The number of carbonyl (C=O) groups excluding carboxylic acids is 1. The van der Waals surface area contributed by atoms with Crippen LogP contribution in [0.15, 0.2) is 24.3 Å². The third-order valence-corrected chi connectivity index (χ3v) is 2.17. The summed E-state index contributed by atoms with van der Waals surface area (Å²) in [6, 6.07) is 7.18. The molecule has 0 saturated heterocycles. The molecule has 0 aliphatic heterocycles. The second-order valence-electron chi connectivity index (χ2n) is 4.70. The number of methoxy groups -OCH3 is 1. The summed E-state index contributed by atoms with van der Waals surface area (Å²) in [6.07, 6.45) is 0. The van der Waals surface area contributed by atoms with Crippen molar-refractivity contribution < 1.29 is 14.3 Å². The van der Waals surface area contributed by atoms with Gasteiger partial charge in [-0.3, -0.25) is 4.79 Å². The van der Waals surface area contributed by atoms with Crippen LogP contribution < -0.4 is 20.5 Å². The van der Waals surface area contributed by atoms with E-state index in [4.69, 9.17) is 15.2 Å². The van der Waals surface area contributed by atoms with Gasteiger partial charge in [-0.05, 0) is 26.0 Å². The van der Waals surface area contributed by atoms with Crippen molar-refractivity contribution in [3.8, 4) is 11.5 Å². The van der Waals surface area contributed by atoms with E-state index < -0.39 is 5.54 Å². The summed E-state index contributed by atoms with van der Waals surface area (Å²) in [7, 11) is 1.55. The van der Waals surface area contributed by atoms with E-state index >= 15 is 0 Å². The second-order valence-corrected chi connectivity index (χ2v) is 4.70. The minimum absolute atomic E-state index is 0. The molecular formula is C13H21ClN2O3. The quantitative estimate of drug-likeness (QED) is 0.829. The van der Waals surface area contributed by atoms with Crippen molar-refractivity contribution >= 4 is 18.3 Å². The number of para-hydroxylation sites is 2. The summed E-state index contributed by atoms with van der Waals surface area (Å²) in [5.41, 5.74) is 5.33. The van der Waals surface area contributed by atoms with Gasteiger partial charge in [0.15, 0.2) is 18.1 Å². The number of carbonyl (C=O) groups is 1. The number of halogens is 1. The van der Waals surface area contributed by atoms with Crippen LogP contribution in [0.1, 0.15) is 13.8 Å². The van der Waals surface area contributed by atoms with Crippen LogP contribution in [0.5, 0.6) is 11.5 Å². The van der Waals surface area contributed by atoms with Crippen molar-refractivity contribution in [2.45, 2.75) is 19.4 Å². The predicted molar refractivity (Wildman–Crippen MR) is 77.0 cm³/mol. The van der Waals surface area contributed by atoms with Gasteiger partial charge in [0.25, 0.3) is 5.91 Å². The largest absolute Gasteiger partial charge is 0.493 e. The zero-order chi connectivity index (χ0) is 13.6. The van der Waals surface area contributed by atoms with Crippen molar-refractivity contribution in [3.05, 3.63) is 24.3 Å². The molecule has 0 fully saturated rings. The fraction of sp³-hybridized carbons (Fsp3) is 0.462. The second kappa shape index (κ2) is 7.86. The number of amides is 1. The van der Waals surface area contributed by atoms with Crippen molar-refractivity contribution in [1.29, 1.82) is 0 Å². The Hall–Kier alpha value is -1.46. The number of ether oxygens (including phenoxy) is 2. The smallest absolute Gasteiger partial charge is 0.258 e. The first-order chi connectivity index (χ1) is 8.42. The molecule has 6 heteroatoms. The van der Waals surface area contributed by atoms with E-state index in [0.717, 1.165) is 0 Å². The zero-order valence-electron chi connectivity index (χ0n) is 11.4. The molecule has 19 heavy (non-hydrogen) atoms. The van der Waals surface area contributed by atoms with Crippen LogP contribution in [-0.2, 0) is 4.79 Å². The van der Waals surface area contributed by atoms with E-state index in [1.54, 1.807) is 19.2 Å². The average Bonchev–Trinajstić information content (AvgIpc) is 2.33. The predicted octanol–water partition coefficient (Wildman–Crippen LogP) is 1.35. The third-order valence-electron chi connectivity index (χ3n) is 2.17. The minimum atomic E-state index is -0.430. The van der Waals surface area contributed by atoms with Crippen LogP contribution >= 0.6 is 12.4 Å². The number of hydrogen-bond donors (Lipinski definition) is 2. The summed E-state index contributed by atoms with van der Waals surface area (Å²) < 4.78 is 10.5. The molecule has 0 unspecified atom stereocenters. The molecule has 1 aromatic carbocycles. The SMILES string of the molecule is COc1ccccc1OCC(=O)NCC(C)(C)N.Cl. The Morgan fingerprint density at radius 1 is 1.32 bits per heavy atom. The molecule has 0 atom stereocenters. The lowest BCUT2D eigenvalue weighted by Crippen LogP contribution is -2.46. The van der Waals surface area contributed by atoms with E-state index in [1.807, 2.05) is 26.0 Å². The number of hydrogen-bond acceptors (Lipinski definition) is 4. The fourth-order valence-corrected chi connectivity index (χ4v) is 1.26. The van der Waals surface area contributed by atoms with Gasteiger partial charge in [-0.1, -0.05) is 12.1 Å². The molecule has 0 aromatic heterocycles. The monoisotopic (exact) mass is 288 g/mol. The average molecular weight is 289 g/mol. The molecule has 0 heterocycles. The summed E-state index contributed by atoms with van der Waals surface area (Å²) in [6.45, 7) is 4.03. The van der Waals surface area contributed by atoms with Gasteiger partial charge >= 0.3 is 0 Å².